The standard InChI is InChI=1S/C20H12ClF5N2OS/c1-28-3-2-8-4-14(20(29)27-18-10(21)5-9(22)6-12(18)24)30-19(8)15-13(28)7-11(23)16(25)17(15)26/h4-7H,2-3H2,1H3,(H,27,29). The highest BCUT2D eigenvalue weighted by atomic mass is 35.5. The lowest BCUT2D eigenvalue weighted by atomic mass is 10.1. The Morgan fingerprint density at radius 2 is 1.80 bits per heavy atom. The second-order valence-corrected chi connectivity index (χ2v) is 8.18. The fourth-order valence-corrected chi connectivity index (χ4v) is 4.68. The van der Waals surface area contributed by atoms with Gasteiger partial charge in [-0.3, -0.25) is 4.79 Å². The van der Waals surface area contributed by atoms with Crippen LogP contribution in [-0.2, 0) is 6.42 Å². The van der Waals surface area contributed by atoms with Crippen molar-refractivity contribution in [2.75, 3.05) is 23.8 Å². The van der Waals surface area contributed by atoms with E-state index in [0.717, 1.165) is 23.5 Å². The SMILES string of the molecule is CN1CCc2cc(C(=O)Nc3c(F)cc(F)cc3Cl)sc2-c2c1cc(F)c(F)c2F. The maximum atomic E-state index is 14.6. The third kappa shape index (κ3) is 3.41. The molecule has 0 spiro atoms. The highest BCUT2D eigenvalue weighted by molar-refractivity contribution is 7.17. The van der Waals surface area contributed by atoms with Crippen molar-refractivity contribution in [2.45, 2.75) is 6.42 Å². The number of hydrogen-bond acceptors (Lipinski definition) is 3. The molecule has 2 aromatic carbocycles. The molecule has 3 nitrogen and oxygen atoms in total. The zero-order valence-electron chi connectivity index (χ0n) is 15.3. The molecule has 10 heteroatoms. The Bertz CT molecular complexity index is 1170. The largest absolute Gasteiger partial charge is 0.374 e. The van der Waals surface area contributed by atoms with E-state index in [-0.39, 0.29) is 26.0 Å². The van der Waals surface area contributed by atoms with Gasteiger partial charge < -0.3 is 10.2 Å². The van der Waals surface area contributed by atoms with Crippen molar-refractivity contribution < 1.29 is 26.7 Å². The lowest BCUT2D eigenvalue weighted by Gasteiger charge is -2.20. The molecule has 1 aliphatic rings. The number of carbonyl (C=O) groups is 1. The maximum absolute atomic E-state index is 14.6. The molecule has 0 aliphatic carbocycles. The molecule has 156 valence electrons. The van der Waals surface area contributed by atoms with E-state index in [1.165, 1.54) is 6.07 Å². The minimum Gasteiger partial charge on any atom is -0.374 e. The summed E-state index contributed by atoms with van der Waals surface area (Å²) in [7, 11) is 1.62. The summed E-state index contributed by atoms with van der Waals surface area (Å²) in [6.07, 6.45) is 0.388. The molecule has 1 aliphatic heterocycles. The predicted molar refractivity (Wildman–Crippen MR) is 106 cm³/mol. The van der Waals surface area contributed by atoms with Crippen molar-refractivity contribution in [1.29, 1.82) is 0 Å². The Morgan fingerprint density at radius 3 is 2.50 bits per heavy atom. The van der Waals surface area contributed by atoms with Crippen LogP contribution in [0.25, 0.3) is 10.4 Å². The molecule has 1 aromatic heterocycles. The van der Waals surface area contributed by atoms with Crippen molar-refractivity contribution in [3.05, 3.63) is 68.8 Å². The van der Waals surface area contributed by atoms with Gasteiger partial charge in [0.1, 0.15) is 5.82 Å². The number of nitrogens with one attached hydrogen (secondary N) is 1. The number of likely N-dealkylation sites (N-methyl/N-ethyl adjacent to an activating group) is 1. The van der Waals surface area contributed by atoms with E-state index in [0.29, 0.717) is 24.6 Å². The quantitative estimate of drug-likeness (QED) is 0.377. The molecular weight excluding hydrogens is 447 g/mol. The van der Waals surface area contributed by atoms with Crippen LogP contribution in [0.2, 0.25) is 5.02 Å². The molecule has 3 aromatic rings. The summed E-state index contributed by atoms with van der Waals surface area (Å²) in [5.41, 5.74) is 0.183. The monoisotopic (exact) mass is 458 g/mol. The van der Waals surface area contributed by atoms with E-state index >= 15 is 0 Å². The van der Waals surface area contributed by atoms with E-state index in [2.05, 4.69) is 5.32 Å². The van der Waals surface area contributed by atoms with Crippen molar-refractivity contribution in [1.82, 2.24) is 0 Å². The lowest BCUT2D eigenvalue weighted by molar-refractivity contribution is 0.103. The topological polar surface area (TPSA) is 32.3 Å². The minimum atomic E-state index is -1.60. The Balaban J connectivity index is 1.77. The summed E-state index contributed by atoms with van der Waals surface area (Å²) >= 11 is 6.66. The van der Waals surface area contributed by atoms with Gasteiger partial charge in [-0.15, -0.1) is 11.3 Å². The molecule has 30 heavy (non-hydrogen) atoms. The summed E-state index contributed by atoms with van der Waals surface area (Å²) in [4.78, 5) is 14.6. The number of nitrogens with zero attached hydrogens (tertiary/aromatic N) is 1. The second kappa shape index (κ2) is 7.55. The molecule has 4 rings (SSSR count). The predicted octanol–water partition coefficient (Wildman–Crippen LogP) is 6.01. The molecule has 0 bridgehead atoms. The Labute approximate surface area is 176 Å². The molecule has 0 radical (unpaired) electrons. The maximum Gasteiger partial charge on any atom is 0.265 e. The van der Waals surface area contributed by atoms with Crippen LogP contribution in [0.5, 0.6) is 0 Å². The first-order valence-corrected chi connectivity index (χ1v) is 9.84. The van der Waals surface area contributed by atoms with E-state index in [9.17, 15) is 26.7 Å². The van der Waals surface area contributed by atoms with Crippen molar-refractivity contribution in [3.63, 3.8) is 0 Å². The first-order chi connectivity index (χ1) is 14.2. The Hall–Kier alpha value is -2.65. The molecule has 0 atom stereocenters. The number of thiophene rings is 1. The average molecular weight is 459 g/mol. The van der Waals surface area contributed by atoms with Crippen LogP contribution in [0.15, 0.2) is 24.3 Å². The molecule has 0 unspecified atom stereocenters. The van der Waals surface area contributed by atoms with Gasteiger partial charge in [0, 0.05) is 30.6 Å². The fourth-order valence-electron chi connectivity index (χ4n) is 3.28. The number of anilines is 2. The fraction of sp³-hybridized carbons (Fsp3) is 0.150. The van der Waals surface area contributed by atoms with E-state index < -0.39 is 40.7 Å². The van der Waals surface area contributed by atoms with Crippen LogP contribution in [-0.4, -0.2) is 19.5 Å². The van der Waals surface area contributed by atoms with Gasteiger partial charge in [0.05, 0.1) is 26.8 Å². The van der Waals surface area contributed by atoms with Crippen molar-refractivity contribution >= 4 is 40.2 Å². The summed E-state index contributed by atoms with van der Waals surface area (Å²) in [6, 6.07) is 3.82. The van der Waals surface area contributed by atoms with E-state index in [1.807, 2.05) is 0 Å². The molecule has 0 saturated carbocycles. The summed E-state index contributed by atoms with van der Waals surface area (Å²) in [6.45, 7) is 0.376. The smallest absolute Gasteiger partial charge is 0.265 e. The van der Waals surface area contributed by atoms with Gasteiger partial charge in [0.15, 0.2) is 23.3 Å². The third-order valence-corrected chi connectivity index (χ3v) is 6.27. The second-order valence-electron chi connectivity index (χ2n) is 6.72. The summed E-state index contributed by atoms with van der Waals surface area (Å²) in [5, 5.41) is 1.95. The molecule has 0 saturated heterocycles. The summed E-state index contributed by atoms with van der Waals surface area (Å²) in [5.74, 6) is -6.96. The lowest BCUT2D eigenvalue weighted by Crippen LogP contribution is -2.20. The van der Waals surface area contributed by atoms with Gasteiger partial charge in [-0.05, 0) is 24.1 Å². The number of rotatable bonds is 2. The average Bonchev–Trinajstić information content (AvgIpc) is 3.05. The molecule has 0 fully saturated rings. The van der Waals surface area contributed by atoms with Crippen molar-refractivity contribution in [3.8, 4) is 10.4 Å². The highest BCUT2D eigenvalue weighted by Crippen LogP contribution is 2.44. The normalized spacial score (nSPS) is 13.0. The van der Waals surface area contributed by atoms with Crippen LogP contribution in [0.3, 0.4) is 0 Å². The van der Waals surface area contributed by atoms with Crippen LogP contribution in [0.1, 0.15) is 15.2 Å². The summed E-state index contributed by atoms with van der Waals surface area (Å²) < 4.78 is 69.5. The number of halogens is 6. The Kier molecular flexibility index (Phi) is 5.19. The van der Waals surface area contributed by atoms with Gasteiger partial charge in [0.2, 0.25) is 0 Å². The van der Waals surface area contributed by atoms with Crippen molar-refractivity contribution in [2.24, 2.45) is 0 Å². The van der Waals surface area contributed by atoms with Gasteiger partial charge in [0.25, 0.3) is 5.91 Å². The molecule has 1 N–H and O–H groups in total. The zero-order chi connectivity index (χ0) is 21.7. The minimum absolute atomic E-state index is 0.0828. The van der Waals surface area contributed by atoms with Crippen LogP contribution < -0.4 is 10.2 Å². The molecular formula is C20H12ClF5N2OS. The van der Waals surface area contributed by atoms with E-state index in [1.54, 1.807) is 11.9 Å². The van der Waals surface area contributed by atoms with Crippen LogP contribution >= 0.6 is 22.9 Å². The Morgan fingerprint density at radius 1 is 1.07 bits per heavy atom. The zero-order valence-corrected chi connectivity index (χ0v) is 16.8. The van der Waals surface area contributed by atoms with Gasteiger partial charge in [-0.25, -0.2) is 22.0 Å². The first kappa shape index (κ1) is 20.6. The number of carbonyl (C=O) groups excluding carboxylic acids is 1. The van der Waals surface area contributed by atoms with Gasteiger partial charge >= 0.3 is 0 Å². The number of amides is 1. The first-order valence-electron chi connectivity index (χ1n) is 8.65. The third-order valence-electron chi connectivity index (χ3n) is 4.77. The van der Waals surface area contributed by atoms with Crippen LogP contribution in [0.4, 0.5) is 33.3 Å². The number of fused-ring (bicyclic) bond motifs is 3. The van der Waals surface area contributed by atoms with Gasteiger partial charge in [-0.1, -0.05) is 11.6 Å². The molecule has 1 amide bonds. The number of hydrogen-bond donors (Lipinski definition) is 1. The highest BCUT2D eigenvalue weighted by Gasteiger charge is 2.29. The van der Waals surface area contributed by atoms with E-state index in [4.69, 9.17) is 11.6 Å². The van der Waals surface area contributed by atoms with Gasteiger partial charge in [-0.2, -0.15) is 0 Å². The number of benzene rings is 2. The van der Waals surface area contributed by atoms with Crippen LogP contribution in [0, 0.1) is 29.1 Å². The molecule has 2 heterocycles.